The van der Waals surface area contributed by atoms with Crippen LogP contribution in [0.3, 0.4) is 0 Å². The van der Waals surface area contributed by atoms with Crippen molar-refractivity contribution in [3.63, 3.8) is 0 Å². The molecule has 3 N–H and O–H groups in total. The van der Waals surface area contributed by atoms with E-state index in [1.54, 1.807) is 0 Å². The van der Waals surface area contributed by atoms with Gasteiger partial charge in [-0.25, -0.2) is 30.9 Å². The molecule has 0 heterocycles. The van der Waals surface area contributed by atoms with E-state index in [1.165, 1.54) is 61.2 Å². The Kier molecular flexibility index (Phi) is 40.8. The van der Waals surface area contributed by atoms with Gasteiger partial charge in [0.25, 0.3) is 0 Å². The minimum atomic E-state index is -1.41. The molecule has 7 nitrogen and oxygen atoms in total. The second-order valence-corrected chi connectivity index (χ2v) is 12.3. The first-order chi connectivity index (χ1) is 25.4. The summed E-state index contributed by atoms with van der Waals surface area (Å²) < 4.78 is 95.4. The zero-order chi connectivity index (χ0) is 41.8. The predicted molar refractivity (Wildman–Crippen MR) is 215 cm³/mol. The normalized spacial score (nSPS) is 13.8. The van der Waals surface area contributed by atoms with Crippen LogP contribution in [0, 0.1) is 11.6 Å². The van der Waals surface area contributed by atoms with Crippen molar-refractivity contribution in [2.45, 2.75) is 80.7 Å². The van der Waals surface area contributed by atoms with Crippen molar-refractivity contribution < 1.29 is 44.9 Å². The highest BCUT2D eigenvalue weighted by atomic mass is 32.2. The largest absolute Gasteiger partial charge is 0.330 e. The average molecular weight is 816 g/mol. The molecule has 2 unspecified atom stereocenters. The summed E-state index contributed by atoms with van der Waals surface area (Å²) in [5.74, 6) is -1.98. The number of rotatable bonds is 17. The van der Waals surface area contributed by atoms with E-state index in [-0.39, 0.29) is 23.8 Å². The number of benzene rings is 1. The number of anilines is 1. The van der Waals surface area contributed by atoms with Crippen LogP contribution in [-0.2, 0) is 20.6 Å². The monoisotopic (exact) mass is 815 g/mol. The molecule has 0 amide bonds. The highest BCUT2D eigenvalue weighted by molar-refractivity contribution is 8.00. The van der Waals surface area contributed by atoms with Crippen molar-refractivity contribution in [3.05, 3.63) is 101 Å². The van der Waals surface area contributed by atoms with Crippen LogP contribution in [-0.4, -0.2) is 53.5 Å². The number of hydrogen-bond donors (Lipinski definition) is 3. The Morgan fingerprint density at radius 1 is 0.925 bits per heavy atom. The molecule has 1 aliphatic carbocycles. The fourth-order valence-corrected chi connectivity index (χ4v) is 5.20. The van der Waals surface area contributed by atoms with E-state index < -0.39 is 57.3 Å². The summed E-state index contributed by atoms with van der Waals surface area (Å²) in [6.45, 7) is 19.1. The summed E-state index contributed by atoms with van der Waals surface area (Å²) in [6.07, 6.45) is 9.67. The van der Waals surface area contributed by atoms with Gasteiger partial charge in [0.2, 0.25) is 0 Å². The first-order valence-electron chi connectivity index (χ1n) is 16.7. The molecule has 0 saturated carbocycles. The van der Waals surface area contributed by atoms with Crippen LogP contribution in [0.1, 0.15) is 85.0 Å². The van der Waals surface area contributed by atoms with Gasteiger partial charge in [-0.05, 0) is 50.5 Å². The van der Waals surface area contributed by atoms with E-state index in [9.17, 15) is 44.9 Å². The third kappa shape index (κ3) is 25.3. The molecular formula is C37H55F6N3O4S3. The molecule has 0 bridgehead atoms. The minimum Gasteiger partial charge on any atom is -0.330 e. The van der Waals surface area contributed by atoms with Crippen molar-refractivity contribution in [3.8, 4) is 0 Å². The first kappa shape index (κ1) is 56.4. The van der Waals surface area contributed by atoms with E-state index in [1.807, 2.05) is 41.5 Å². The van der Waals surface area contributed by atoms with Crippen LogP contribution >= 0.6 is 23.9 Å². The molecular weight excluding hydrogens is 761 g/mol. The lowest BCUT2D eigenvalue weighted by molar-refractivity contribution is -0.105. The smallest absolute Gasteiger partial charge is 0.160 e. The maximum atomic E-state index is 13.7. The Labute approximate surface area is 323 Å². The van der Waals surface area contributed by atoms with Crippen LogP contribution in [0.15, 0.2) is 83.4 Å². The van der Waals surface area contributed by atoms with Gasteiger partial charge in [0.1, 0.15) is 23.3 Å². The molecule has 0 spiro atoms. The number of alkyl halides is 1. The van der Waals surface area contributed by atoms with E-state index in [4.69, 9.17) is 0 Å². The van der Waals surface area contributed by atoms with Crippen LogP contribution < -0.4 is 14.2 Å². The molecule has 0 aliphatic heterocycles. The van der Waals surface area contributed by atoms with E-state index in [0.717, 1.165) is 36.5 Å². The van der Waals surface area contributed by atoms with Crippen LogP contribution in [0.2, 0.25) is 0 Å². The molecule has 53 heavy (non-hydrogen) atoms. The SMILES string of the molecule is C=C(/C=C(C=O)\C(F)=C/C)NSCCC.CC.CC.CCCS(=O)NC1C=CC=C(F)C(C=O)=C1F.CCCSNc1ccc(F)c(C=O)c1F.CF. The minimum absolute atomic E-state index is 0.00657. The Morgan fingerprint density at radius 3 is 2.00 bits per heavy atom. The second kappa shape index (κ2) is 38.4. The van der Waals surface area contributed by atoms with Crippen LogP contribution in [0.5, 0.6) is 0 Å². The molecule has 16 heteroatoms. The zero-order valence-corrected chi connectivity index (χ0v) is 34.4. The van der Waals surface area contributed by atoms with Crippen molar-refractivity contribution in [2.75, 3.05) is 29.2 Å². The molecule has 1 aromatic carbocycles. The molecule has 0 fully saturated rings. The Hall–Kier alpha value is -3.34. The lowest BCUT2D eigenvalue weighted by Crippen LogP contribution is -2.31. The fraction of sp³-hybridized carbons (Fsp3) is 0.432. The van der Waals surface area contributed by atoms with Gasteiger partial charge in [-0.15, -0.1) is 0 Å². The van der Waals surface area contributed by atoms with Gasteiger partial charge in [0.15, 0.2) is 24.7 Å². The highest BCUT2D eigenvalue weighted by Gasteiger charge is 2.22. The van der Waals surface area contributed by atoms with Gasteiger partial charge < -0.3 is 9.44 Å². The summed E-state index contributed by atoms with van der Waals surface area (Å²) >= 11 is 2.80. The summed E-state index contributed by atoms with van der Waals surface area (Å²) in [5.41, 5.74) is -0.505. The summed E-state index contributed by atoms with van der Waals surface area (Å²) in [7, 11) is -0.911. The Bertz CT molecular complexity index is 1390. The van der Waals surface area contributed by atoms with E-state index in [0.29, 0.717) is 31.3 Å². The topological polar surface area (TPSA) is 104 Å². The van der Waals surface area contributed by atoms with Crippen molar-refractivity contribution in [1.29, 1.82) is 0 Å². The van der Waals surface area contributed by atoms with Gasteiger partial charge in [-0.1, -0.05) is 97.2 Å². The molecule has 0 aromatic heterocycles. The zero-order valence-electron chi connectivity index (χ0n) is 31.9. The number of aldehydes is 3. The summed E-state index contributed by atoms with van der Waals surface area (Å²) in [5, 5.41) is 0. The Balaban J connectivity index is -0.000000317. The molecule has 0 saturated heterocycles. The third-order valence-electron chi connectivity index (χ3n) is 5.33. The summed E-state index contributed by atoms with van der Waals surface area (Å²) in [6, 6.07) is 1.31. The van der Waals surface area contributed by atoms with Gasteiger partial charge in [0.05, 0.1) is 46.6 Å². The lowest BCUT2D eigenvalue weighted by Gasteiger charge is -2.12. The van der Waals surface area contributed by atoms with Crippen LogP contribution in [0.4, 0.5) is 32.0 Å². The van der Waals surface area contributed by atoms with Crippen molar-refractivity contribution in [1.82, 2.24) is 9.44 Å². The van der Waals surface area contributed by atoms with Crippen molar-refractivity contribution in [2.24, 2.45) is 0 Å². The van der Waals surface area contributed by atoms with E-state index in [2.05, 4.69) is 27.7 Å². The number of nitrogens with one attached hydrogen (secondary N) is 3. The Morgan fingerprint density at radius 2 is 1.51 bits per heavy atom. The third-order valence-corrected chi connectivity index (χ3v) is 8.62. The van der Waals surface area contributed by atoms with Crippen molar-refractivity contribution >= 4 is 59.4 Å². The second-order valence-electron chi connectivity index (χ2n) is 9.15. The quantitative estimate of drug-likeness (QED) is 0.0357. The molecule has 2 rings (SSSR count). The molecule has 2 atom stereocenters. The molecule has 0 radical (unpaired) electrons. The predicted octanol–water partition coefficient (Wildman–Crippen LogP) is 10.9. The fourth-order valence-electron chi connectivity index (χ4n) is 3.07. The maximum absolute atomic E-state index is 13.7. The maximum Gasteiger partial charge on any atom is 0.160 e. The molecule has 302 valence electrons. The molecule has 1 aliphatic rings. The standard InChI is InChI=1S/C11H13F2NO2S.C11H16FNOS.C10H11F2NOS.2C2H6.CH3F/c1-2-6-17(16)14-10-5-3-4-9(12)8(7-15)11(10)13;1-4-6-15-13-9(3)7-10(8-14)11(12)5-2;1-2-5-15-13-9-4-3-8(11)7(6-14)10(9)12;3*1-2/h3-5,7,10,14H,2,6H2,1H3;5,7-8,13H,3-4,6H2,1-2H3;3-4,6,13H,2,5H2,1H3;2*1-2H3;1H3/b;10-7-,11-5+;;;;. The number of carbonyl (C=O) groups excluding carboxylic acids is 3. The number of halogens is 6. The van der Waals surface area contributed by atoms with Gasteiger partial charge in [-0.2, -0.15) is 0 Å². The lowest BCUT2D eigenvalue weighted by atomic mass is 10.2. The van der Waals surface area contributed by atoms with Gasteiger partial charge in [0, 0.05) is 23.0 Å². The molecule has 1 aromatic rings. The average Bonchev–Trinajstić information content (AvgIpc) is 3.30. The van der Waals surface area contributed by atoms with Crippen LogP contribution in [0.25, 0.3) is 0 Å². The number of hydrogen-bond acceptors (Lipinski definition) is 8. The first-order valence-corrected chi connectivity index (χ1v) is 20.0. The van der Waals surface area contributed by atoms with E-state index >= 15 is 0 Å². The van der Waals surface area contributed by atoms with Gasteiger partial charge in [-0.3, -0.25) is 18.8 Å². The number of allylic oxidation sites excluding steroid dienone is 8. The summed E-state index contributed by atoms with van der Waals surface area (Å²) in [4.78, 5) is 31.5. The number of carbonyl (C=O) groups is 3. The van der Waals surface area contributed by atoms with Gasteiger partial charge >= 0.3 is 0 Å². The highest BCUT2D eigenvalue weighted by Crippen LogP contribution is 2.23.